The molecule has 2 atom stereocenters. The van der Waals surface area contributed by atoms with E-state index < -0.39 is 18.1 Å². The number of carbonyl (C=O) groups excluding carboxylic acids is 3. The van der Waals surface area contributed by atoms with Gasteiger partial charge in [-0.3, -0.25) is 14.4 Å². The molecule has 3 rings (SSSR count). The number of nitrogens with zero attached hydrogens (tertiary/aromatic N) is 1. The Morgan fingerprint density at radius 1 is 1.29 bits per heavy atom. The summed E-state index contributed by atoms with van der Waals surface area (Å²) in [5, 5.41) is 5.58. The summed E-state index contributed by atoms with van der Waals surface area (Å²) in [6, 6.07) is 7.89. The van der Waals surface area contributed by atoms with Crippen LogP contribution in [0.25, 0.3) is 0 Å². The fourth-order valence-corrected chi connectivity index (χ4v) is 4.50. The molecule has 0 bridgehead atoms. The van der Waals surface area contributed by atoms with Crippen molar-refractivity contribution in [1.29, 1.82) is 0 Å². The highest BCUT2D eigenvalue weighted by Gasteiger charge is 2.28. The van der Waals surface area contributed by atoms with E-state index in [-0.39, 0.29) is 18.4 Å². The van der Waals surface area contributed by atoms with Gasteiger partial charge in [0.15, 0.2) is 0 Å². The minimum Gasteiger partial charge on any atom is -0.379 e. The number of methoxy groups -OCH3 is 1. The number of ether oxygens (including phenoxy) is 2. The molecule has 8 nitrogen and oxygen atoms in total. The molecule has 2 heterocycles. The summed E-state index contributed by atoms with van der Waals surface area (Å²) in [6.07, 6.45) is -0.543. The Bertz CT molecular complexity index is 980. The highest BCUT2D eigenvalue weighted by atomic mass is 79.9. The van der Waals surface area contributed by atoms with E-state index in [9.17, 15) is 14.4 Å². The van der Waals surface area contributed by atoms with Gasteiger partial charge in [0.2, 0.25) is 5.91 Å². The first-order valence-electron chi connectivity index (χ1n) is 9.68. The first kappa shape index (κ1) is 23.4. The lowest BCUT2D eigenvalue weighted by Gasteiger charge is -2.28. The van der Waals surface area contributed by atoms with Gasteiger partial charge >= 0.3 is 0 Å². The van der Waals surface area contributed by atoms with Gasteiger partial charge in [-0.1, -0.05) is 0 Å². The van der Waals surface area contributed by atoms with Crippen LogP contribution in [-0.4, -0.2) is 56.7 Å². The number of anilines is 2. The number of nitrogens with one attached hydrogen (secondary N) is 2. The van der Waals surface area contributed by atoms with Crippen LogP contribution in [0.5, 0.6) is 0 Å². The molecule has 0 radical (unpaired) electrons. The Balaban J connectivity index is 1.72. The zero-order valence-corrected chi connectivity index (χ0v) is 19.8. The Morgan fingerprint density at radius 3 is 2.68 bits per heavy atom. The molecule has 0 spiro atoms. The molecule has 1 fully saturated rings. The monoisotopic (exact) mass is 509 g/mol. The van der Waals surface area contributed by atoms with Crippen LogP contribution in [-0.2, 0) is 19.1 Å². The van der Waals surface area contributed by atoms with Crippen LogP contribution < -0.4 is 15.5 Å². The third kappa shape index (κ3) is 5.70. The van der Waals surface area contributed by atoms with Crippen molar-refractivity contribution >= 4 is 56.4 Å². The van der Waals surface area contributed by atoms with Gasteiger partial charge in [-0.2, -0.15) is 0 Å². The summed E-state index contributed by atoms with van der Waals surface area (Å²) in [6.45, 7) is 4.63. The lowest BCUT2D eigenvalue weighted by atomic mass is 10.1. The second-order valence-electron chi connectivity index (χ2n) is 7.08. The number of benzene rings is 1. The van der Waals surface area contributed by atoms with E-state index in [1.165, 1.54) is 18.4 Å². The van der Waals surface area contributed by atoms with Gasteiger partial charge in [0.05, 0.1) is 21.4 Å². The highest BCUT2D eigenvalue weighted by molar-refractivity contribution is 9.11. The van der Waals surface area contributed by atoms with Crippen molar-refractivity contribution in [2.45, 2.75) is 26.0 Å². The summed E-state index contributed by atoms with van der Waals surface area (Å²) in [5.74, 6) is -0.840. The molecule has 0 aliphatic carbocycles. The summed E-state index contributed by atoms with van der Waals surface area (Å²) in [7, 11) is 1.48. The molecule has 166 valence electrons. The molecule has 1 aliphatic rings. The third-order valence-corrected chi connectivity index (χ3v) is 6.57. The minimum absolute atomic E-state index is 0.0645. The van der Waals surface area contributed by atoms with Crippen molar-refractivity contribution in [3.63, 3.8) is 0 Å². The van der Waals surface area contributed by atoms with Crippen LogP contribution in [0.2, 0.25) is 0 Å². The largest absolute Gasteiger partial charge is 0.379 e. The van der Waals surface area contributed by atoms with Gasteiger partial charge in [0, 0.05) is 25.0 Å². The standard InChI is InChI=1S/C21H24BrN3O5S/c1-12-10-14(4-5-15(12)25-8-9-30-11-18(25)26)23-21(28)19(13(2)29-3)24-20(27)16-6-7-17(22)31-16/h4-7,10,13,19H,8-9,11H2,1-3H3,(H,23,28)(H,24,27). The van der Waals surface area contributed by atoms with Crippen LogP contribution in [0.3, 0.4) is 0 Å². The smallest absolute Gasteiger partial charge is 0.262 e. The van der Waals surface area contributed by atoms with E-state index in [0.29, 0.717) is 23.7 Å². The molecule has 1 aromatic carbocycles. The molecule has 2 unspecified atom stereocenters. The molecule has 2 aromatic rings. The number of amides is 3. The van der Waals surface area contributed by atoms with E-state index in [4.69, 9.17) is 9.47 Å². The highest BCUT2D eigenvalue weighted by Crippen LogP contribution is 2.25. The van der Waals surface area contributed by atoms with Crippen molar-refractivity contribution in [3.8, 4) is 0 Å². The van der Waals surface area contributed by atoms with Gasteiger partial charge in [0.25, 0.3) is 11.8 Å². The second kappa shape index (κ2) is 10.4. The molecular formula is C21H24BrN3O5S. The van der Waals surface area contributed by atoms with Crippen LogP contribution >= 0.6 is 27.3 Å². The summed E-state index contributed by atoms with van der Waals surface area (Å²) < 4.78 is 11.3. The molecule has 1 saturated heterocycles. The Kier molecular flexibility index (Phi) is 7.82. The Morgan fingerprint density at radius 2 is 2.06 bits per heavy atom. The number of hydrogen-bond donors (Lipinski definition) is 2. The van der Waals surface area contributed by atoms with E-state index in [2.05, 4.69) is 26.6 Å². The van der Waals surface area contributed by atoms with Gasteiger partial charge in [-0.25, -0.2) is 0 Å². The number of thiophene rings is 1. The van der Waals surface area contributed by atoms with Crippen LogP contribution in [0, 0.1) is 6.92 Å². The molecule has 10 heteroatoms. The first-order valence-corrected chi connectivity index (χ1v) is 11.3. The lowest BCUT2D eigenvalue weighted by molar-refractivity contribution is -0.125. The minimum atomic E-state index is -0.890. The van der Waals surface area contributed by atoms with Crippen molar-refractivity contribution in [2.75, 3.05) is 37.1 Å². The molecule has 0 saturated carbocycles. The molecule has 31 heavy (non-hydrogen) atoms. The lowest BCUT2D eigenvalue weighted by Crippen LogP contribution is -2.50. The summed E-state index contributed by atoms with van der Waals surface area (Å²) >= 11 is 4.61. The number of hydrogen-bond acceptors (Lipinski definition) is 6. The number of rotatable bonds is 7. The molecule has 1 aliphatic heterocycles. The van der Waals surface area contributed by atoms with E-state index in [1.807, 2.05) is 6.92 Å². The third-order valence-electron chi connectivity index (χ3n) is 4.95. The average Bonchev–Trinajstić information content (AvgIpc) is 3.18. The van der Waals surface area contributed by atoms with E-state index >= 15 is 0 Å². The van der Waals surface area contributed by atoms with Crippen LogP contribution in [0.1, 0.15) is 22.2 Å². The van der Waals surface area contributed by atoms with Crippen LogP contribution in [0.4, 0.5) is 11.4 Å². The van der Waals surface area contributed by atoms with Crippen molar-refractivity contribution in [3.05, 3.63) is 44.6 Å². The Hall–Kier alpha value is -2.27. The fraction of sp³-hybridized carbons (Fsp3) is 0.381. The number of carbonyl (C=O) groups is 3. The quantitative estimate of drug-likeness (QED) is 0.597. The predicted molar refractivity (Wildman–Crippen MR) is 123 cm³/mol. The Labute approximate surface area is 193 Å². The van der Waals surface area contributed by atoms with Crippen LogP contribution in [0.15, 0.2) is 34.1 Å². The molecule has 3 amide bonds. The second-order valence-corrected chi connectivity index (χ2v) is 9.55. The van der Waals surface area contributed by atoms with E-state index in [1.54, 1.807) is 42.2 Å². The maximum atomic E-state index is 12.9. The maximum Gasteiger partial charge on any atom is 0.262 e. The van der Waals surface area contributed by atoms with Crippen molar-refractivity contribution in [1.82, 2.24) is 5.32 Å². The average molecular weight is 510 g/mol. The van der Waals surface area contributed by atoms with Gasteiger partial charge < -0.3 is 25.0 Å². The van der Waals surface area contributed by atoms with Gasteiger partial charge in [-0.15, -0.1) is 11.3 Å². The number of aryl methyl sites for hydroxylation is 1. The number of morpholine rings is 1. The zero-order chi connectivity index (χ0) is 22.5. The predicted octanol–water partition coefficient (Wildman–Crippen LogP) is 2.95. The topological polar surface area (TPSA) is 97.0 Å². The normalized spacial score (nSPS) is 16.0. The van der Waals surface area contributed by atoms with E-state index in [0.717, 1.165) is 15.0 Å². The summed E-state index contributed by atoms with van der Waals surface area (Å²) in [5.41, 5.74) is 2.19. The van der Waals surface area contributed by atoms with Gasteiger partial charge in [-0.05, 0) is 65.7 Å². The molecular weight excluding hydrogens is 486 g/mol. The number of halogens is 1. The fourth-order valence-electron chi connectivity index (χ4n) is 3.21. The molecule has 1 aromatic heterocycles. The van der Waals surface area contributed by atoms with Gasteiger partial charge in [0.1, 0.15) is 12.6 Å². The zero-order valence-electron chi connectivity index (χ0n) is 17.4. The summed E-state index contributed by atoms with van der Waals surface area (Å²) in [4.78, 5) is 39.8. The molecule has 2 N–H and O–H groups in total. The van der Waals surface area contributed by atoms with Crippen molar-refractivity contribution < 1.29 is 23.9 Å². The maximum absolute atomic E-state index is 12.9. The van der Waals surface area contributed by atoms with Crippen molar-refractivity contribution in [2.24, 2.45) is 0 Å². The first-order chi connectivity index (χ1) is 14.8. The SMILES string of the molecule is COC(C)C(NC(=O)c1ccc(Br)s1)C(=O)Nc1ccc(N2CCOCC2=O)c(C)c1.